The average molecular weight is 615 g/mol. The summed E-state index contributed by atoms with van der Waals surface area (Å²) in [4.78, 5) is 26.7. The molecular weight excluding hydrogens is 573 g/mol. The summed E-state index contributed by atoms with van der Waals surface area (Å²) in [7, 11) is 0. The van der Waals surface area contributed by atoms with Gasteiger partial charge in [0.1, 0.15) is 5.69 Å². The van der Waals surface area contributed by atoms with Crippen molar-refractivity contribution in [2.75, 3.05) is 6.54 Å². The summed E-state index contributed by atoms with van der Waals surface area (Å²) < 4.78 is 40.7. The van der Waals surface area contributed by atoms with E-state index in [-0.39, 0.29) is 42.5 Å². The quantitative estimate of drug-likeness (QED) is 0.242. The highest BCUT2D eigenvalue weighted by atomic mass is 19.4. The monoisotopic (exact) mass is 614 g/mol. The van der Waals surface area contributed by atoms with E-state index in [1.165, 1.54) is 16.8 Å². The number of nitrogens with one attached hydrogen (secondary N) is 3. The van der Waals surface area contributed by atoms with E-state index in [0.717, 1.165) is 37.0 Å². The van der Waals surface area contributed by atoms with Crippen molar-refractivity contribution in [2.24, 2.45) is 0 Å². The van der Waals surface area contributed by atoms with Crippen molar-refractivity contribution in [3.8, 4) is 0 Å². The summed E-state index contributed by atoms with van der Waals surface area (Å²) >= 11 is 0. The van der Waals surface area contributed by atoms with Gasteiger partial charge in [-0.25, -0.2) is 5.01 Å². The third-order valence-electron chi connectivity index (χ3n) is 7.99. The molecule has 9 nitrogen and oxygen atoms in total. The number of nitrogens with zero attached hydrogens (tertiary/aromatic N) is 3. The Bertz CT molecular complexity index is 1390. The SMILES string of the molecule is CCn1nc(C(=O)N[C@@H](Cc2ccccc2)[C@H](O)CNCc2cccc(C(F)(F)F)c2)cc1C(=O)NN1C(C)CCCC1C. The van der Waals surface area contributed by atoms with Crippen LogP contribution in [0.5, 0.6) is 0 Å². The molecule has 0 aliphatic carbocycles. The van der Waals surface area contributed by atoms with Crippen LogP contribution < -0.4 is 16.1 Å². The Morgan fingerprint density at radius 2 is 1.68 bits per heavy atom. The number of alkyl halides is 3. The Kier molecular flexibility index (Phi) is 11.2. The molecule has 1 aliphatic heterocycles. The Labute approximate surface area is 255 Å². The number of piperidine rings is 1. The van der Waals surface area contributed by atoms with E-state index < -0.39 is 29.8 Å². The second-order valence-electron chi connectivity index (χ2n) is 11.4. The molecule has 0 spiro atoms. The zero-order chi connectivity index (χ0) is 31.9. The third-order valence-corrected chi connectivity index (χ3v) is 7.99. The summed E-state index contributed by atoms with van der Waals surface area (Å²) in [5.41, 5.74) is 3.83. The van der Waals surface area contributed by atoms with Gasteiger partial charge in [-0.2, -0.15) is 18.3 Å². The number of amides is 2. The van der Waals surface area contributed by atoms with Crippen LogP contribution in [0, 0.1) is 0 Å². The maximum absolute atomic E-state index is 13.4. The van der Waals surface area contributed by atoms with Crippen LogP contribution in [0.1, 0.15) is 77.7 Å². The summed E-state index contributed by atoms with van der Waals surface area (Å²) in [6.07, 6.45) is -2.18. The minimum atomic E-state index is -4.45. The van der Waals surface area contributed by atoms with Gasteiger partial charge in [-0.3, -0.25) is 19.7 Å². The number of hydrogen-bond acceptors (Lipinski definition) is 6. The molecule has 1 fully saturated rings. The highest BCUT2D eigenvalue weighted by Gasteiger charge is 2.31. The maximum Gasteiger partial charge on any atom is 0.416 e. The Balaban J connectivity index is 1.45. The van der Waals surface area contributed by atoms with E-state index in [9.17, 15) is 27.9 Å². The van der Waals surface area contributed by atoms with Gasteiger partial charge in [-0.1, -0.05) is 55.0 Å². The number of aryl methyl sites for hydroxylation is 1. The lowest BCUT2D eigenvalue weighted by atomic mass is 10.00. The second-order valence-corrected chi connectivity index (χ2v) is 11.4. The van der Waals surface area contributed by atoms with Crippen LogP contribution in [0.4, 0.5) is 13.2 Å². The van der Waals surface area contributed by atoms with Crippen molar-refractivity contribution >= 4 is 11.8 Å². The van der Waals surface area contributed by atoms with Crippen LogP contribution in [-0.2, 0) is 25.7 Å². The Morgan fingerprint density at radius 1 is 1.00 bits per heavy atom. The largest absolute Gasteiger partial charge is 0.416 e. The number of halogens is 3. The predicted octanol–water partition coefficient (Wildman–Crippen LogP) is 4.32. The number of aliphatic hydroxyl groups excluding tert-OH is 1. The van der Waals surface area contributed by atoms with Gasteiger partial charge in [0.25, 0.3) is 11.8 Å². The van der Waals surface area contributed by atoms with Gasteiger partial charge in [-0.05, 0) is 57.2 Å². The van der Waals surface area contributed by atoms with Gasteiger partial charge in [0.05, 0.1) is 17.7 Å². The van der Waals surface area contributed by atoms with Crippen LogP contribution in [0.15, 0.2) is 60.7 Å². The lowest BCUT2D eigenvalue weighted by molar-refractivity contribution is -0.137. The van der Waals surface area contributed by atoms with E-state index >= 15 is 0 Å². The average Bonchev–Trinajstić information content (AvgIpc) is 3.44. The number of benzene rings is 2. The number of hydrogen-bond donors (Lipinski definition) is 4. The fraction of sp³-hybridized carbons (Fsp3) is 0.469. The minimum Gasteiger partial charge on any atom is -0.390 e. The fourth-order valence-electron chi connectivity index (χ4n) is 5.53. The van der Waals surface area contributed by atoms with Crippen LogP contribution in [-0.4, -0.2) is 62.5 Å². The molecule has 2 amide bonds. The molecule has 0 bridgehead atoms. The smallest absolute Gasteiger partial charge is 0.390 e. The molecule has 4 rings (SSSR count). The van der Waals surface area contributed by atoms with Crippen LogP contribution in [0.25, 0.3) is 0 Å². The molecule has 4 atom stereocenters. The van der Waals surface area contributed by atoms with E-state index in [1.54, 1.807) is 6.07 Å². The van der Waals surface area contributed by atoms with Crippen molar-refractivity contribution < 1.29 is 27.9 Å². The van der Waals surface area contributed by atoms with Gasteiger partial charge in [0, 0.05) is 37.8 Å². The van der Waals surface area contributed by atoms with Crippen molar-refractivity contribution in [3.63, 3.8) is 0 Å². The van der Waals surface area contributed by atoms with Crippen LogP contribution in [0.3, 0.4) is 0 Å². The Morgan fingerprint density at radius 3 is 2.34 bits per heavy atom. The second kappa shape index (κ2) is 14.8. The normalized spacial score (nSPS) is 18.9. The van der Waals surface area contributed by atoms with Crippen molar-refractivity contribution in [1.82, 2.24) is 30.8 Å². The maximum atomic E-state index is 13.4. The van der Waals surface area contributed by atoms with E-state index in [1.807, 2.05) is 42.3 Å². The zero-order valence-corrected chi connectivity index (χ0v) is 25.3. The van der Waals surface area contributed by atoms with Gasteiger partial charge in [-0.15, -0.1) is 0 Å². The van der Waals surface area contributed by atoms with E-state index in [0.29, 0.717) is 18.5 Å². The van der Waals surface area contributed by atoms with E-state index in [4.69, 9.17) is 0 Å². The number of aromatic nitrogens is 2. The first kappa shape index (κ1) is 33.2. The van der Waals surface area contributed by atoms with E-state index in [2.05, 4.69) is 35.0 Å². The highest BCUT2D eigenvalue weighted by Crippen LogP contribution is 2.29. The first-order valence-electron chi connectivity index (χ1n) is 15.0. The molecule has 2 heterocycles. The molecule has 12 heteroatoms. The first-order valence-corrected chi connectivity index (χ1v) is 15.0. The number of aliphatic hydroxyl groups is 1. The van der Waals surface area contributed by atoms with Gasteiger partial charge >= 0.3 is 6.18 Å². The lowest BCUT2D eigenvalue weighted by Crippen LogP contribution is -2.54. The Hall–Kier alpha value is -3.74. The molecule has 4 N–H and O–H groups in total. The van der Waals surface area contributed by atoms with Crippen molar-refractivity contribution in [3.05, 3.63) is 88.7 Å². The highest BCUT2D eigenvalue weighted by molar-refractivity contribution is 5.97. The topological polar surface area (TPSA) is 112 Å². The summed E-state index contributed by atoms with van der Waals surface area (Å²) in [6, 6.07) is 15.4. The van der Waals surface area contributed by atoms with Crippen LogP contribution >= 0.6 is 0 Å². The zero-order valence-electron chi connectivity index (χ0n) is 25.3. The fourth-order valence-corrected chi connectivity index (χ4v) is 5.53. The molecule has 0 saturated carbocycles. The molecule has 2 aromatic carbocycles. The molecule has 1 aromatic heterocycles. The molecule has 2 unspecified atom stereocenters. The molecule has 1 saturated heterocycles. The number of rotatable bonds is 12. The molecule has 0 radical (unpaired) electrons. The number of hydrazine groups is 1. The summed E-state index contributed by atoms with van der Waals surface area (Å²) in [5, 5.41) is 23.3. The summed E-state index contributed by atoms with van der Waals surface area (Å²) in [5.74, 6) is -0.900. The van der Waals surface area contributed by atoms with Gasteiger partial charge < -0.3 is 15.7 Å². The minimum absolute atomic E-state index is 0.0112. The molecule has 1 aliphatic rings. The molecule has 3 aromatic rings. The van der Waals surface area contributed by atoms with Crippen molar-refractivity contribution in [1.29, 1.82) is 0 Å². The van der Waals surface area contributed by atoms with Gasteiger partial charge in [0.2, 0.25) is 0 Å². The predicted molar refractivity (Wildman–Crippen MR) is 161 cm³/mol. The lowest BCUT2D eigenvalue weighted by Gasteiger charge is -2.38. The molecular formula is C32H41F3N6O3. The van der Waals surface area contributed by atoms with Crippen molar-refractivity contribution in [2.45, 2.75) is 89.9 Å². The van der Waals surface area contributed by atoms with Crippen LogP contribution in [0.2, 0.25) is 0 Å². The number of carbonyl (C=O) groups is 2. The standard InChI is InChI=1S/C32H41F3N6O3/c1-4-40-28(31(44)39-41-21(2)10-8-11-22(41)3)18-27(38-40)30(43)37-26(17-23-12-6-5-7-13-23)29(42)20-36-19-24-14-9-15-25(16-24)32(33,34)35/h5-7,9,12-16,18,21-22,26,29,36,42H,4,8,10-11,17,19-20H2,1-3H3,(H,37,43)(H,39,44)/t21?,22?,26-,29+/m0/s1. The first-order chi connectivity index (χ1) is 21.0. The molecule has 238 valence electrons. The summed E-state index contributed by atoms with van der Waals surface area (Å²) in [6.45, 7) is 6.45. The molecule has 44 heavy (non-hydrogen) atoms. The van der Waals surface area contributed by atoms with Gasteiger partial charge in [0.15, 0.2) is 5.69 Å². The number of carbonyl (C=O) groups excluding carboxylic acids is 2. The third kappa shape index (κ3) is 8.67.